The molecule has 2 aromatic carbocycles. The number of likely N-dealkylation sites (N-methyl/N-ethyl adjacent to an activating group) is 1. The van der Waals surface area contributed by atoms with E-state index in [2.05, 4.69) is 10.6 Å². The molecule has 7 heteroatoms. The summed E-state index contributed by atoms with van der Waals surface area (Å²) < 4.78 is 4.80. The van der Waals surface area contributed by atoms with Crippen molar-refractivity contribution in [3.63, 3.8) is 0 Å². The average molecular weight is 381 g/mol. The summed E-state index contributed by atoms with van der Waals surface area (Å²) in [6.45, 7) is 0.172. The molecule has 2 atom stereocenters. The largest absolute Gasteiger partial charge is 0.449 e. The molecular formula is C21H23N3O4. The molecule has 1 heterocycles. The number of benzene rings is 2. The van der Waals surface area contributed by atoms with Gasteiger partial charge >= 0.3 is 6.09 Å². The number of alkyl carbamates (subject to hydrolysis) is 1. The van der Waals surface area contributed by atoms with Crippen LogP contribution in [0.25, 0.3) is 0 Å². The third-order valence-corrected chi connectivity index (χ3v) is 4.62. The van der Waals surface area contributed by atoms with Crippen LogP contribution < -0.4 is 15.5 Å². The molecule has 7 nitrogen and oxygen atoms in total. The van der Waals surface area contributed by atoms with Crippen molar-refractivity contribution < 1.29 is 19.1 Å². The molecular weight excluding hydrogens is 358 g/mol. The minimum Gasteiger partial charge on any atom is -0.449 e. The summed E-state index contributed by atoms with van der Waals surface area (Å²) in [5.41, 5.74) is 1.66. The summed E-state index contributed by atoms with van der Waals surface area (Å²) in [6, 6.07) is 17.2. The summed E-state index contributed by atoms with van der Waals surface area (Å²) in [4.78, 5) is 38.7. The minimum atomic E-state index is -0.764. The first kappa shape index (κ1) is 19.4. The van der Waals surface area contributed by atoms with E-state index in [1.54, 1.807) is 7.05 Å². The van der Waals surface area contributed by atoms with E-state index in [0.717, 1.165) is 11.3 Å². The first-order valence-corrected chi connectivity index (χ1v) is 9.15. The predicted molar refractivity (Wildman–Crippen MR) is 105 cm³/mol. The van der Waals surface area contributed by atoms with Gasteiger partial charge in [0.05, 0.1) is 6.61 Å². The standard InChI is InChI=1S/C21H23N3O4/c1-24(16-10-6-3-7-11-16)20(26)18(14-15-8-4-2-5-9-15)22-19(25)17-12-13-28-21(27)23-17/h2-11,17-18H,12-14H2,1H3,(H,22,25)(H,23,27)/t17-,18-/m0/s1. The molecule has 0 spiro atoms. The molecule has 0 bridgehead atoms. The van der Waals surface area contributed by atoms with Crippen LogP contribution >= 0.6 is 0 Å². The van der Waals surface area contributed by atoms with Crippen LogP contribution in [0.2, 0.25) is 0 Å². The maximum atomic E-state index is 13.1. The summed E-state index contributed by atoms with van der Waals surface area (Å²) in [7, 11) is 1.68. The zero-order valence-corrected chi connectivity index (χ0v) is 15.6. The number of carbonyl (C=O) groups excluding carboxylic acids is 3. The number of ether oxygens (including phenoxy) is 1. The van der Waals surface area contributed by atoms with Crippen LogP contribution in [0.3, 0.4) is 0 Å². The molecule has 0 unspecified atom stereocenters. The maximum absolute atomic E-state index is 13.1. The Morgan fingerprint density at radius 2 is 1.79 bits per heavy atom. The monoisotopic (exact) mass is 381 g/mol. The van der Waals surface area contributed by atoms with Gasteiger partial charge in [0, 0.05) is 25.6 Å². The minimum absolute atomic E-state index is 0.172. The number of nitrogens with zero attached hydrogens (tertiary/aromatic N) is 1. The highest BCUT2D eigenvalue weighted by atomic mass is 16.6. The number of para-hydroxylation sites is 1. The van der Waals surface area contributed by atoms with Crippen molar-refractivity contribution in [1.29, 1.82) is 0 Å². The number of hydrogen-bond acceptors (Lipinski definition) is 4. The third kappa shape index (κ3) is 4.88. The van der Waals surface area contributed by atoms with Crippen LogP contribution in [0.15, 0.2) is 60.7 Å². The second kappa shape index (κ2) is 9.03. The molecule has 1 saturated heterocycles. The molecule has 0 saturated carbocycles. The van der Waals surface area contributed by atoms with Crippen LogP contribution in [-0.2, 0) is 20.7 Å². The van der Waals surface area contributed by atoms with Gasteiger partial charge in [0.1, 0.15) is 12.1 Å². The molecule has 2 N–H and O–H groups in total. The van der Waals surface area contributed by atoms with E-state index >= 15 is 0 Å². The van der Waals surface area contributed by atoms with Crippen LogP contribution in [0.4, 0.5) is 10.5 Å². The van der Waals surface area contributed by atoms with Gasteiger partial charge in [0.15, 0.2) is 0 Å². The van der Waals surface area contributed by atoms with Crippen molar-refractivity contribution in [2.75, 3.05) is 18.6 Å². The lowest BCUT2D eigenvalue weighted by Crippen LogP contribution is -2.56. The van der Waals surface area contributed by atoms with Gasteiger partial charge in [0.25, 0.3) is 0 Å². The van der Waals surface area contributed by atoms with Gasteiger partial charge in [-0.25, -0.2) is 4.79 Å². The zero-order chi connectivity index (χ0) is 19.9. The first-order chi connectivity index (χ1) is 13.5. The molecule has 0 aromatic heterocycles. The van der Waals surface area contributed by atoms with Gasteiger partial charge in [-0.15, -0.1) is 0 Å². The summed E-state index contributed by atoms with van der Waals surface area (Å²) in [5, 5.41) is 5.29. The molecule has 146 valence electrons. The van der Waals surface area contributed by atoms with E-state index in [1.165, 1.54) is 4.90 Å². The van der Waals surface area contributed by atoms with E-state index in [-0.39, 0.29) is 12.5 Å². The molecule has 3 rings (SSSR count). The number of hydrogen-bond donors (Lipinski definition) is 2. The van der Waals surface area contributed by atoms with Gasteiger partial charge < -0.3 is 20.3 Å². The smallest absolute Gasteiger partial charge is 0.407 e. The summed E-state index contributed by atoms with van der Waals surface area (Å²) in [5.74, 6) is -0.630. The van der Waals surface area contributed by atoms with E-state index < -0.39 is 24.1 Å². The number of cyclic esters (lactones) is 1. The fourth-order valence-electron chi connectivity index (χ4n) is 3.06. The van der Waals surface area contributed by atoms with Gasteiger partial charge in [-0.2, -0.15) is 0 Å². The van der Waals surface area contributed by atoms with Crippen molar-refractivity contribution >= 4 is 23.6 Å². The Hall–Kier alpha value is -3.35. The first-order valence-electron chi connectivity index (χ1n) is 9.15. The number of rotatable bonds is 6. The molecule has 3 amide bonds. The van der Waals surface area contributed by atoms with Crippen LogP contribution in [-0.4, -0.2) is 43.6 Å². The Kier molecular flexibility index (Phi) is 6.26. The Balaban J connectivity index is 1.77. The highest BCUT2D eigenvalue weighted by molar-refractivity contribution is 5.99. The van der Waals surface area contributed by atoms with E-state index in [1.807, 2.05) is 60.7 Å². The van der Waals surface area contributed by atoms with E-state index in [9.17, 15) is 14.4 Å². The van der Waals surface area contributed by atoms with E-state index in [4.69, 9.17) is 4.74 Å². The molecule has 28 heavy (non-hydrogen) atoms. The number of anilines is 1. The fraction of sp³-hybridized carbons (Fsp3) is 0.286. The summed E-state index contributed by atoms with van der Waals surface area (Å²) >= 11 is 0. The maximum Gasteiger partial charge on any atom is 0.407 e. The van der Waals surface area contributed by atoms with Crippen molar-refractivity contribution in [3.8, 4) is 0 Å². The Morgan fingerprint density at radius 1 is 1.14 bits per heavy atom. The molecule has 0 radical (unpaired) electrons. The lowest BCUT2D eigenvalue weighted by atomic mass is 10.0. The predicted octanol–water partition coefficient (Wildman–Crippen LogP) is 1.88. The number of nitrogens with one attached hydrogen (secondary N) is 2. The summed E-state index contributed by atoms with van der Waals surface area (Å²) in [6.07, 6.45) is 0.0803. The fourth-order valence-corrected chi connectivity index (χ4v) is 3.06. The van der Waals surface area contributed by atoms with Crippen molar-refractivity contribution in [2.24, 2.45) is 0 Å². The van der Waals surface area contributed by atoms with Gasteiger partial charge in [-0.05, 0) is 17.7 Å². The highest BCUT2D eigenvalue weighted by Crippen LogP contribution is 2.14. The van der Waals surface area contributed by atoms with Gasteiger partial charge in [-0.1, -0.05) is 48.5 Å². The third-order valence-electron chi connectivity index (χ3n) is 4.62. The van der Waals surface area contributed by atoms with Gasteiger partial charge in [0.2, 0.25) is 11.8 Å². The molecule has 1 aliphatic heterocycles. The highest BCUT2D eigenvalue weighted by Gasteiger charge is 2.31. The second-order valence-corrected chi connectivity index (χ2v) is 6.61. The van der Waals surface area contributed by atoms with Gasteiger partial charge in [-0.3, -0.25) is 9.59 Å². The van der Waals surface area contributed by atoms with Crippen molar-refractivity contribution in [1.82, 2.24) is 10.6 Å². The van der Waals surface area contributed by atoms with Crippen molar-refractivity contribution in [3.05, 3.63) is 66.2 Å². The quantitative estimate of drug-likeness (QED) is 0.800. The topological polar surface area (TPSA) is 87.7 Å². The Bertz CT molecular complexity index is 826. The molecule has 0 aliphatic carbocycles. The molecule has 2 aromatic rings. The van der Waals surface area contributed by atoms with Crippen LogP contribution in [0, 0.1) is 0 Å². The SMILES string of the molecule is CN(C(=O)[C@H](Cc1ccccc1)NC(=O)[C@@H]1CCOC(=O)N1)c1ccccc1. The van der Waals surface area contributed by atoms with Crippen LogP contribution in [0.1, 0.15) is 12.0 Å². The lowest BCUT2D eigenvalue weighted by molar-refractivity contribution is -0.129. The normalized spacial score (nSPS) is 17.0. The van der Waals surface area contributed by atoms with E-state index in [0.29, 0.717) is 12.8 Å². The lowest BCUT2D eigenvalue weighted by Gasteiger charge is -2.28. The second-order valence-electron chi connectivity index (χ2n) is 6.61. The molecule has 1 fully saturated rings. The van der Waals surface area contributed by atoms with Crippen molar-refractivity contribution in [2.45, 2.75) is 24.9 Å². The number of carbonyl (C=O) groups is 3. The average Bonchev–Trinajstić information content (AvgIpc) is 2.73. The van der Waals surface area contributed by atoms with Crippen LogP contribution in [0.5, 0.6) is 0 Å². The number of amides is 3. The zero-order valence-electron chi connectivity index (χ0n) is 15.6. The Labute approximate surface area is 163 Å². The Morgan fingerprint density at radius 3 is 2.43 bits per heavy atom. The molecule has 1 aliphatic rings.